The summed E-state index contributed by atoms with van der Waals surface area (Å²) in [7, 11) is 1.68. The van der Waals surface area contributed by atoms with Crippen LogP contribution in [-0.2, 0) is 11.8 Å². The second-order valence-electron chi connectivity index (χ2n) is 5.18. The first kappa shape index (κ1) is 17.2. The SMILES string of the molecule is Cc1cc2c(=O)n(C)c(SCC(=O)Nc3ccc(Br)cc3)nc2s1. The van der Waals surface area contributed by atoms with E-state index < -0.39 is 0 Å². The van der Waals surface area contributed by atoms with E-state index >= 15 is 0 Å². The number of nitrogens with one attached hydrogen (secondary N) is 1. The lowest BCUT2D eigenvalue weighted by atomic mass is 10.3. The van der Waals surface area contributed by atoms with Crippen molar-refractivity contribution in [3.05, 3.63) is 50.0 Å². The molecule has 0 saturated carbocycles. The van der Waals surface area contributed by atoms with Crippen LogP contribution in [0.25, 0.3) is 10.2 Å². The first-order valence-corrected chi connectivity index (χ1v) is 9.69. The molecule has 1 amide bonds. The summed E-state index contributed by atoms with van der Waals surface area (Å²) in [4.78, 5) is 30.7. The van der Waals surface area contributed by atoms with Crippen LogP contribution in [0.15, 0.2) is 44.8 Å². The highest BCUT2D eigenvalue weighted by Gasteiger charge is 2.13. The van der Waals surface area contributed by atoms with Gasteiger partial charge in [-0.25, -0.2) is 4.98 Å². The summed E-state index contributed by atoms with van der Waals surface area (Å²) < 4.78 is 2.44. The Balaban J connectivity index is 1.73. The first-order valence-electron chi connectivity index (χ1n) is 7.09. The van der Waals surface area contributed by atoms with E-state index in [2.05, 4.69) is 26.2 Å². The maximum absolute atomic E-state index is 12.3. The molecule has 0 aliphatic heterocycles. The summed E-state index contributed by atoms with van der Waals surface area (Å²) in [5.74, 6) is 0.0469. The number of hydrogen-bond donors (Lipinski definition) is 1. The average molecular weight is 424 g/mol. The lowest BCUT2D eigenvalue weighted by Gasteiger charge is -2.08. The average Bonchev–Trinajstić information content (AvgIpc) is 2.92. The van der Waals surface area contributed by atoms with Crippen LogP contribution in [0.2, 0.25) is 0 Å². The minimum absolute atomic E-state index is 0.0832. The number of rotatable bonds is 4. The lowest BCUT2D eigenvalue weighted by Crippen LogP contribution is -2.20. The third-order valence-electron chi connectivity index (χ3n) is 3.32. The van der Waals surface area contributed by atoms with Crippen molar-refractivity contribution in [2.45, 2.75) is 12.1 Å². The number of anilines is 1. The number of amides is 1. The molecule has 0 saturated heterocycles. The Morgan fingerprint density at radius 2 is 2.08 bits per heavy atom. The number of halogens is 1. The second-order valence-corrected chi connectivity index (χ2v) is 8.27. The summed E-state index contributed by atoms with van der Waals surface area (Å²) in [6, 6.07) is 9.22. The van der Waals surface area contributed by atoms with Crippen LogP contribution in [0, 0.1) is 6.92 Å². The molecular weight excluding hydrogens is 410 g/mol. The number of fused-ring (bicyclic) bond motifs is 1. The molecule has 24 heavy (non-hydrogen) atoms. The first-order chi connectivity index (χ1) is 11.4. The quantitative estimate of drug-likeness (QED) is 0.511. The Morgan fingerprint density at radius 3 is 2.79 bits per heavy atom. The Morgan fingerprint density at radius 1 is 1.38 bits per heavy atom. The monoisotopic (exact) mass is 423 g/mol. The van der Waals surface area contributed by atoms with Gasteiger partial charge in [-0.05, 0) is 37.3 Å². The van der Waals surface area contributed by atoms with Gasteiger partial charge in [0.1, 0.15) is 4.83 Å². The van der Waals surface area contributed by atoms with Crippen LogP contribution in [0.1, 0.15) is 4.88 Å². The molecule has 8 heteroatoms. The van der Waals surface area contributed by atoms with Gasteiger partial charge < -0.3 is 5.32 Å². The molecule has 0 radical (unpaired) electrons. The molecule has 5 nitrogen and oxygen atoms in total. The molecule has 0 spiro atoms. The van der Waals surface area contributed by atoms with E-state index in [-0.39, 0.29) is 17.2 Å². The van der Waals surface area contributed by atoms with Crippen LogP contribution in [0.3, 0.4) is 0 Å². The Bertz CT molecular complexity index is 964. The van der Waals surface area contributed by atoms with Crippen molar-refractivity contribution in [1.82, 2.24) is 9.55 Å². The van der Waals surface area contributed by atoms with Crippen molar-refractivity contribution in [2.24, 2.45) is 7.05 Å². The summed E-state index contributed by atoms with van der Waals surface area (Å²) in [6.07, 6.45) is 0. The largest absolute Gasteiger partial charge is 0.325 e. The summed E-state index contributed by atoms with van der Waals surface area (Å²) in [6.45, 7) is 1.95. The van der Waals surface area contributed by atoms with E-state index in [1.54, 1.807) is 7.05 Å². The van der Waals surface area contributed by atoms with E-state index in [1.807, 2.05) is 37.3 Å². The molecule has 2 aromatic heterocycles. The number of aromatic nitrogens is 2. The van der Waals surface area contributed by atoms with Gasteiger partial charge in [0.05, 0.1) is 11.1 Å². The number of nitrogens with zero attached hydrogens (tertiary/aromatic N) is 2. The van der Waals surface area contributed by atoms with Crippen LogP contribution >= 0.6 is 39.0 Å². The topological polar surface area (TPSA) is 64.0 Å². The van der Waals surface area contributed by atoms with Crippen molar-refractivity contribution in [3.63, 3.8) is 0 Å². The molecule has 124 valence electrons. The number of carbonyl (C=O) groups is 1. The Kier molecular flexibility index (Phi) is 5.07. The van der Waals surface area contributed by atoms with Crippen LogP contribution in [-0.4, -0.2) is 21.2 Å². The number of benzene rings is 1. The van der Waals surface area contributed by atoms with Gasteiger partial charge in [-0.15, -0.1) is 11.3 Å². The van der Waals surface area contributed by atoms with Crippen LogP contribution < -0.4 is 10.9 Å². The van der Waals surface area contributed by atoms with Gasteiger partial charge in [-0.2, -0.15) is 0 Å². The molecule has 0 bridgehead atoms. The standard InChI is InChI=1S/C16H14BrN3O2S2/c1-9-7-12-14(24-9)19-16(20(2)15(12)22)23-8-13(21)18-11-5-3-10(17)4-6-11/h3-7H,8H2,1-2H3,(H,18,21). The Labute approximate surface area is 155 Å². The number of thiophene rings is 1. The molecule has 0 unspecified atom stereocenters. The molecule has 0 atom stereocenters. The molecule has 3 aromatic rings. The highest BCUT2D eigenvalue weighted by atomic mass is 79.9. The molecule has 1 N–H and O–H groups in total. The highest BCUT2D eigenvalue weighted by Crippen LogP contribution is 2.23. The van der Waals surface area contributed by atoms with E-state index in [4.69, 9.17) is 0 Å². The van der Waals surface area contributed by atoms with Gasteiger partial charge >= 0.3 is 0 Å². The third-order valence-corrected chi connectivity index (χ3v) is 5.82. The minimum Gasteiger partial charge on any atom is -0.325 e. The zero-order valence-electron chi connectivity index (χ0n) is 13.0. The molecule has 0 aliphatic rings. The predicted octanol–water partition coefficient (Wildman–Crippen LogP) is 3.80. The smallest absolute Gasteiger partial charge is 0.262 e. The summed E-state index contributed by atoms with van der Waals surface area (Å²) in [5, 5.41) is 3.99. The maximum Gasteiger partial charge on any atom is 0.262 e. The molecule has 2 heterocycles. The number of carbonyl (C=O) groups excluding carboxylic acids is 1. The van der Waals surface area contributed by atoms with Crippen molar-refractivity contribution < 1.29 is 4.79 Å². The summed E-state index contributed by atoms with van der Waals surface area (Å²) >= 11 is 6.09. The normalized spacial score (nSPS) is 11.0. The van der Waals surface area contributed by atoms with Crippen molar-refractivity contribution in [1.29, 1.82) is 0 Å². The fraction of sp³-hybridized carbons (Fsp3) is 0.188. The van der Waals surface area contributed by atoms with Gasteiger partial charge in [0, 0.05) is 22.1 Å². The van der Waals surface area contributed by atoms with Crippen LogP contribution in [0.4, 0.5) is 5.69 Å². The highest BCUT2D eigenvalue weighted by molar-refractivity contribution is 9.10. The van der Waals surface area contributed by atoms with E-state index in [9.17, 15) is 9.59 Å². The van der Waals surface area contributed by atoms with Gasteiger partial charge in [-0.3, -0.25) is 14.2 Å². The minimum atomic E-state index is -0.140. The van der Waals surface area contributed by atoms with E-state index in [0.717, 1.165) is 15.0 Å². The fourth-order valence-electron chi connectivity index (χ4n) is 2.16. The van der Waals surface area contributed by atoms with Gasteiger partial charge in [0.25, 0.3) is 5.56 Å². The van der Waals surface area contributed by atoms with E-state index in [1.165, 1.54) is 27.7 Å². The zero-order valence-corrected chi connectivity index (χ0v) is 16.2. The number of hydrogen-bond acceptors (Lipinski definition) is 5. The molecular formula is C16H14BrN3O2S2. The Hall–Kier alpha value is -1.64. The molecule has 3 rings (SSSR count). The molecule has 0 fully saturated rings. The van der Waals surface area contributed by atoms with Crippen molar-refractivity contribution in [3.8, 4) is 0 Å². The van der Waals surface area contributed by atoms with Crippen molar-refractivity contribution in [2.75, 3.05) is 11.1 Å². The van der Waals surface area contributed by atoms with Crippen LogP contribution in [0.5, 0.6) is 0 Å². The van der Waals surface area contributed by atoms with Gasteiger partial charge in [-0.1, -0.05) is 27.7 Å². The predicted molar refractivity (Wildman–Crippen MR) is 103 cm³/mol. The third kappa shape index (κ3) is 3.71. The lowest BCUT2D eigenvalue weighted by molar-refractivity contribution is -0.113. The maximum atomic E-state index is 12.3. The van der Waals surface area contributed by atoms with Crippen molar-refractivity contribution >= 4 is 60.8 Å². The second kappa shape index (κ2) is 7.08. The summed E-state index contributed by atoms with van der Waals surface area (Å²) in [5.41, 5.74) is 0.648. The number of aryl methyl sites for hydroxylation is 1. The molecule has 1 aromatic carbocycles. The zero-order chi connectivity index (χ0) is 17.3. The molecule has 0 aliphatic carbocycles. The van der Waals surface area contributed by atoms with Gasteiger partial charge in [0.15, 0.2) is 5.16 Å². The fourth-order valence-corrected chi connectivity index (χ4v) is 4.11. The van der Waals surface area contributed by atoms with E-state index in [0.29, 0.717) is 15.4 Å². The van der Waals surface area contributed by atoms with Gasteiger partial charge in [0.2, 0.25) is 5.91 Å². The number of thioether (sulfide) groups is 1.